The van der Waals surface area contributed by atoms with Crippen LogP contribution in [0.25, 0.3) is 0 Å². The van der Waals surface area contributed by atoms with E-state index in [2.05, 4.69) is 4.98 Å². The minimum Gasteiger partial charge on any atom is -0.487 e. The highest BCUT2D eigenvalue weighted by Crippen LogP contribution is 2.33. The molecule has 82 valence electrons. The van der Waals surface area contributed by atoms with Gasteiger partial charge in [-0.3, -0.25) is 0 Å². The minimum atomic E-state index is 0.422. The summed E-state index contributed by atoms with van der Waals surface area (Å²) in [6.07, 6.45) is 4.81. The first-order valence-electron chi connectivity index (χ1n) is 5.09. The van der Waals surface area contributed by atoms with Crippen LogP contribution in [-0.2, 0) is 0 Å². The summed E-state index contributed by atoms with van der Waals surface area (Å²) in [6.45, 7) is 0. The standard InChI is InChI=1S/C11H16N2OS/c1-13(2)11-9(14-8-4-5-8)6-7-10(12-11)15-3/h6-8H,4-5H2,1-3H3. The fraction of sp³-hybridized carbons (Fsp3) is 0.545. The van der Waals surface area contributed by atoms with Gasteiger partial charge in [-0.25, -0.2) is 4.98 Å². The van der Waals surface area contributed by atoms with Crippen LogP contribution in [0.5, 0.6) is 5.75 Å². The number of hydrogen-bond acceptors (Lipinski definition) is 4. The van der Waals surface area contributed by atoms with E-state index in [0.717, 1.165) is 16.6 Å². The summed E-state index contributed by atoms with van der Waals surface area (Å²) < 4.78 is 5.80. The summed E-state index contributed by atoms with van der Waals surface area (Å²) in [5.74, 6) is 1.83. The Labute approximate surface area is 94.8 Å². The van der Waals surface area contributed by atoms with Gasteiger partial charge in [0.25, 0.3) is 0 Å². The molecular weight excluding hydrogens is 208 g/mol. The summed E-state index contributed by atoms with van der Waals surface area (Å²) in [4.78, 5) is 6.53. The Balaban J connectivity index is 2.25. The Morgan fingerprint density at radius 2 is 2.13 bits per heavy atom. The lowest BCUT2D eigenvalue weighted by molar-refractivity contribution is 0.302. The van der Waals surface area contributed by atoms with Crippen LogP contribution in [0.3, 0.4) is 0 Å². The maximum absolute atomic E-state index is 5.80. The first kappa shape index (κ1) is 10.6. The molecule has 0 radical (unpaired) electrons. The zero-order chi connectivity index (χ0) is 10.8. The van der Waals surface area contributed by atoms with E-state index in [9.17, 15) is 0 Å². The second-order valence-electron chi connectivity index (χ2n) is 3.89. The Morgan fingerprint density at radius 1 is 1.40 bits per heavy atom. The van der Waals surface area contributed by atoms with Gasteiger partial charge in [0.1, 0.15) is 0 Å². The normalized spacial score (nSPS) is 15.1. The van der Waals surface area contributed by atoms with Crippen LogP contribution < -0.4 is 9.64 Å². The van der Waals surface area contributed by atoms with Crippen molar-refractivity contribution < 1.29 is 4.74 Å². The highest BCUT2D eigenvalue weighted by atomic mass is 32.2. The van der Waals surface area contributed by atoms with Gasteiger partial charge in [0.2, 0.25) is 0 Å². The maximum atomic E-state index is 5.80. The van der Waals surface area contributed by atoms with E-state index >= 15 is 0 Å². The molecule has 0 bridgehead atoms. The molecule has 1 aromatic heterocycles. The van der Waals surface area contributed by atoms with Gasteiger partial charge in [-0.2, -0.15) is 0 Å². The second kappa shape index (κ2) is 4.31. The van der Waals surface area contributed by atoms with Gasteiger partial charge < -0.3 is 9.64 Å². The number of anilines is 1. The Morgan fingerprint density at radius 3 is 2.67 bits per heavy atom. The third-order valence-corrected chi connectivity index (χ3v) is 2.91. The van der Waals surface area contributed by atoms with Gasteiger partial charge in [0.05, 0.1) is 11.1 Å². The molecule has 1 aromatic rings. The highest BCUT2D eigenvalue weighted by molar-refractivity contribution is 7.98. The molecule has 0 amide bonds. The van der Waals surface area contributed by atoms with E-state index < -0.39 is 0 Å². The number of nitrogens with zero attached hydrogens (tertiary/aromatic N) is 2. The van der Waals surface area contributed by atoms with Crippen LogP contribution in [0.15, 0.2) is 17.2 Å². The van der Waals surface area contributed by atoms with E-state index in [1.54, 1.807) is 11.8 Å². The molecule has 2 rings (SSSR count). The van der Waals surface area contributed by atoms with Gasteiger partial charge in [0, 0.05) is 14.1 Å². The zero-order valence-electron chi connectivity index (χ0n) is 9.36. The Kier molecular flexibility index (Phi) is 3.05. The van der Waals surface area contributed by atoms with Gasteiger partial charge >= 0.3 is 0 Å². The molecule has 1 aliphatic rings. The quantitative estimate of drug-likeness (QED) is 0.733. The van der Waals surface area contributed by atoms with Crippen LogP contribution in [0.1, 0.15) is 12.8 Å². The van der Waals surface area contributed by atoms with Crippen molar-refractivity contribution in [1.29, 1.82) is 0 Å². The lowest BCUT2D eigenvalue weighted by Gasteiger charge is -2.17. The predicted octanol–water partition coefficient (Wildman–Crippen LogP) is 2.41. The first-order valence-corrected chi connectivity index (χ1v) is 6.32. The fourth-order valence-corrected chi connectivity index (χ4v) is 1.69. The molecule has 0 atom stereocenters. The van der Waals surface area contributed by atoms with Crippen molar-refractivity contribution in [2.75, 3.05) is 25.3 Å². The van der Waals surface area contributed by atoms with E-state index in [0.29, 0.717) is 6.10 Å². The Hall–Kier alpha value is -0.900. The summed E-state index contributed by atoms with van der Waals surface area (Å²) in [5, 5.41) is 1.03. The minimum absolute atomic E-state index is 0.422. The van der Waals surface area contributed by atoms with Crippen molar-refractivity contribution in [3.8, 4) is 5.75 Å². The molecule has 1 heterocycles. The van der Waals surface area contributed by atoms with E-state index in [1.165, 1.54) is 12.8 Å². The average Bonchev–Trinajstić information content (AvgIpc) is 3.02. The van der Waals surface area contributed by atoms with Crippen LogP contribution >= 0.6 is 11.8 Å². The molecule has 0 aromatic carbocycles. The number of aromatic nitrogens is 1. The van der Waals surface area contributed by atoms with Crippen LogP contribution in [0, 0.1) is 0 Å². The van der Waals surface area contributed by atoms with Crippen LogP contribution in [0.2, 0.25) is 0 Å². The molecule has 0 spiro atoms. The van der Waals surface area contributed by atoms with Gasteiger partial charge in [-0.05, 0) is 31.2 Å². The second-order valence-corrected chi connectivity index (χ2v) is 4.71. The first-order chi connectivity index (χ1) is 7.20. The van der Waals surface area contributed by atoms with E-state index in [4.69, 9.17) is 4.74 Å². The summed E-state index contributed by atoms with van der Waals surface area (Å²) in [5.41, 5.74) is 0. The van der Waals surface area contributed by atoms with Crippen molar-refractivity contribution >= 4 is 17.6 Å². The van der Waals surface area contributed by atoms with E-state index in [-0.39, 0.29) is 0 Å². The SMILES string of the molecule is CSc1ccc(OC2CC2)c(N(C)C)n1. The van der Waals surface area contributed by atoms with Crippen LogP contribution in [0.4, 0.5) is 5.82 Å². The topological polar surface area (TPSA) is 25.4 Å². The molecule has 0 N–H and O–H groups in total. The van der Waals surface area contributed by atoms with Crippen molar-refractivity contribution in [3.63, 3.8) is 0 Å². The highest BCUT2D eigenvalue weighted by Gasteiger charge is 2.25. The van der Waals surface area contributed by atoms with Gasteiger partial charge in [-0.1, -0.05) is 0 Å². The van der Waals surface area contributed by atoms with Gasteiger partial charge in [0.15, 0.2) is 11.6 Å². The molecule has 1 fully saturated rings. The van der Waals surface area contributed by atoms with Crippen molar-refractivity contribution in [3.05, 3.63) is 12.1 Å². The summed E-state index contributed by atoms with van der Waals surface area (Å²) >= 11 is 1.65. The lowest BCUT2D eigenvalue weighted by atomic mass is 10.4. The molecular formula is C11H16N2OS. The molecule has 1 saturated carbocycles. The zero-order valence-corrected chi connectivity index (χ0v) is 10.2. The van der Waals surface area contributed by atoms with Crippen molar-refractivity contribution in [1.82, 2.24) is 4.98 Å². The van der Waals surface area contributed by atoms with Crippen molar-refractivity contribution in [2.24, 2.45) is 0 Å². The molecule has 15 heavy (non-hydrogen) atoms. The predicted molar refractivity (Wildman–Crippen MR) is 64.0 cm³/mol. The third-order valence-electron chi connectivity index (χ3n) is 2.26. The summed E-state index contributed by atoms with van der Waals surface area (Å²) in [7, 11) is 3.98. The lowest BCUT2D eigenvalue weighted by Crippen LogP contribution is -2.13. The molecule has 0 saturated heterocycles. The fourth-order valence-electron chi connectivity index (χ4n) is 1.31. The number of thioether (sulfide) groups is 1. The molecule has 0 aliphatic heterocycles. The number of rotatable bonds is 4. The summed E-state index contributed by atoms with van der Waals surface area (Å²) in [6, 6.07) is 4.03. The van der Waals surface area contributed by atoms with Gasteiger partial charge in [-0.15, -0.1) is 11.8 Å². The largest absolute Gasteiger partial charge is 0.487 e. The monoisotopic (exact) mass is 224 g/mol. The molecule has 0 unspecified atom stereocenters. The average molecular weight is 224 g/mol. The maximum Gasteiger partial charge on any atom is 0.171 e. The molecule has 1 aliphatic carbocycles. The van der Waals surface area contributed by atoms with E-state index in [1.807, 2.05) is 37.4 Å². The number of ether oxygens (including phenoxy) is 1. The molecule has 3 nitrogen and oxygen atoms in total. The smallest absolute Gasteiger partial charge is 0.171 e. The Bertz CT molecular complexity index is 350. The van der Waals surface area contributed by atoms with Crippen molar-refractivity contribution in [2.45, 2.75) is 24.0 Å². The number of pyridine rings is 1. The molecule has 4 heteroatoms. The third kappa shape index (κ3) is 2.56. The van der Waals surface area contributed by atoms with Crippen LogP contribution in [-0.4, -0.2) is 31.4 Å². The number of hydrogen-bond donors (Lipinski definition) is 0.